The third kappa shape index (κ3) is 3.34. The van der Waals surface area contributed by atoms with Crippen molar-refractivity contribution >= 4 is 5.97 Å². The molecule has 0 aromatic rings. The van der Waals surface area contributed by atoms with E-state index < -0.39 is 0 Å². The van der Waals surface area contributed by atoms with Crippen LogP contribution in [0.4, 0.5) is 0 Å². The van der Waals surface area contributed by atoms with Gasteiger partial charge in [0, 0.05) is 18.5 Å². The Hall–Kier alpha value is -0.870. The summed E-state index contributed by atoms with van der Waals surface area (Å²) in [5.41, 5.74) is 1.33. The van der Waals surface area contributed by atoms with Crippen LogP contribution in [0.25, 0.3) is 0 Å². The molecule has 0 bridgehead atoms. The van der Waals surface area contributed by atoms with Crippen molar-refractivity contribution in [3.8, 4) is 0 Å². The molecule has 3 aliphatic rings. The van der Waals surface area contributed by atoms with Crippen molar-refractivity contribution in [3.05, 3.63) is 11.6 Å². The zero-order valence-electron chi connectivity index (χ0n) is 15.2. The van der Waals surface area contributed by atoms with Crippen LogP contribution in [0.3, 0.4) is 0 Å². The van der Waals surface area contributed by atoms with Gasteiger partial charge in [-0.05, 0) is 60.4 Å². The monoisotopic (exact) mass is 321 g/mol. The van der Waals surface area contributed by atoms with Crippen LogP contribution in [0.1, 0.15) is 53.4 Å². The van der Waals surface area contributed by atoms with Gasteiger partial charge in [0.2, 0.25) is 0 Å². The molecule has 0 amide bonds. The average Bonchev–Trinajstić information content (AvgIpc) is 3.05. The fourth-order valence-electron chi connectivity index (χ4n) is 4.07. The number of allylic oxidation sites excluding steroid dienone is 2. The summed E-state index contributed by atoms with van der Waals surface area (Å²) >= 11 is 0. The van der Waals surface area contributed by atoms with E-state index in [1.54, 1.807) is 0 Å². The summed E-state index contributed by atoms with van der Waals surface area (Å²) in [5, 5.41) is 0. The number of esters is 1. The number of fused-ring (bicyclic) bond motifs is 3. The van der Waals surface area contributed by atoms with Crippen LogP contribution < -0.4 is 0 Å². The molecule has 2 fully saturated rings. The Bertz CT molecular complexity index is 501. The number of rotatable bonds is 3. The molecule has 1 aliphatic carbocycles. The molecule has 23 heavy (non-hydrogen) atoms. The molecule has 0 saturated carbocycles. The van der Waals surface area contributed by atoms with Crippen molar-refractivity contribution in [3.63, 3.8) is 0 Å². The molecule has 0 N–H and O–H groups in total. The standard InChI is InChI=1S/C19H31NO3/c1-12(2)20(5)11-15-14-9-8-13(3)7-6-10-19(4)17(23-19)16(14)22-18(15)21/h7,12,14-17H,6,8-11H2,1-5H3/t14-,15-,16-,17-,19+/m0/s1. The van der Waals surface area contributed by atoms with Gasteiger partial charge >= 0.3 is 5.97 Å². The van der Waals surface area contributed by atoms with Gasteiger partial charge < -0.3 is 14.4 Å². The molecule has 2 heterocycles. The second-order valence-corrected chi connectivity index (χ2v) is 8.18. The third-order valence-electron chi connectivity index (χ3n) is 6.10. The van der Waals surface area contributed by atoms with Crippen molar-refractivity contribution in [2.24, 2.45) is 11.8 Å². The van der Waals surface area contributed by atoms with Crippen molar-refractivity contribution < 1.29 is 14.3 Å². The number of nitrogens with zero attached hydrogens (tertiary/aromatic N) is 1. The van der Waals surface area contributed by atoms with Gasteiger partial charge in [-0.1, -0.05) is 11.6 Å². The number of epoxide rings is 1. The first-order chi connectivity index (χ1) is 10.8. The Labute approximate surface area is 140 Å². The minimum atomic E-state index is -0.101. The van der Waals surface area contributed by atoms with Crippen LogP contribution in [-0.4, -0.2) is 48.3 Å². The molecule has 2 aliphatic heterocycles. The lowest BCUT2D eigenvalue weighted by Crippen LogP contribution is -2.37. The lowest BCUT2D eigenvalue weighted by atomic mass is 9.80. The van der Waals surface area contributed by atoms with E-state index in [1.165, 1.54) is 5.57 Å². The van der Waals surface area contributed by atoms with Gasteiger partial charge in [-0.25, -0.2) is 0 Å². The number of carbonyl (C=O) groups is 1. The van der Waals surface area contributed by atoms with Gasteiger partial charge in [-0.2, -0.15) is 0 Å². The van der Waals surface area contributed by atoms with Gasteiger partial charge in [0.05, 0.1) is 11.5 Å². The maximum atomic E-state index is 12.5. The lowest BCUT2D eigenvalue weighted by molar-refractivity contribution is -0.145. The minimum absolute atomic E-state index is 0.0203. The smallest absolute Gasteiger partial charge is 0.311 e. The summed E-state index contributed by atoms with van der Waals surface area (Å²) in [7, 11) is 2.09. The Kier molecular flexibility index (Phi) is 4.58. The summed E-state index contributed by atoms with van der Waals surface area (Å²) in [6.07, 6.45) is 6.54. The van der Waals surface area contributed by atoms with E-state index in [9.17, 15) is 4.79 Å². The maximum absolute atomic E-state index is 12.5. The fraction of sp³-hybridized carbons (Fsp3) is 0.842. The Morgan fingerprint density at radius 2 is 2.17 bits per heavy atom. The topological polar surface area (TPSA) is 42.1 Å². The van der Waals surface area contributed by atoms with Crippen LogP contribution in [0, 0.1) is 11.8 Å². The molecular formula is C19H31NO3. The molecule has 2 saturated heterocycles. The van der Waals surface area contributed by atoms with E-state index >= 15 is 0 Å². The Morgan fingerprint density at radius 1 is 1.43 bits per heavy atom. The van der Waals surface area contributed by atoms with Gasteiger partial charge in [-0.3, -0.25) is 4.79 Å². The highest BCUT2D eigenvalue weighted by Gasteiger charge is 2.62. The Balaban J connectivity index is 1.80. The second kappa shape index (κ2) is 6.21. The van der Waals surface area contributed by atoms with E-state index in [0.717, 1.165) is 32.2 Å². The van der Waals surface area contributed by atoms with Crippen molar-refractivity contribution in [2.45, 2.75) is 77.2 Å². The second-order valence-electron chi connectivity index (χ2n) is 8.18. The van der Waals surface area contributed by atoms with Crippen molar-refractivity contribution in [1.29, 1.82) is 0 Å². The first-order valence-electron chi connectivity index (χ1n) is 9.06. The number of carbonyl (C=O) groups excluding carboxylic acids is 1. The van der Waals surface area contributed by atoms with E-state index in [-0.39, 0.29) is 35.6 Å². The van der Waals surface area contributed by atoms with Crippen molar-refractivity contribution in [2.75, 3.05) is 13.6 Å². The summed E-state index contributed by atoms with van der Waals surface area (Å²) in [6.45, 7) is 9.49. The largest absolute Gasteiger partial charge is 0.459 e. The lowest BCUT2D eigenvalue weighted by Gasteiger charge is -2.27. The normalized spacial score (nSPS) is 40.5. The van der Waals surface area contributed by atoms with Crippen LogP contribution in [0.15, 0.2) is 11.6 Å². The van der Waals surface area contributed by atoms with E-state index in [2.05, 4.69) is 45.7 Å². The zero-order valence-corrected chi connectivity index (χ0v) is 15.2. The van der Waals surface area contributed by atoms with Gasteiger partial charge in [-0.15, -0.1) is 0 Å². The molecular weight excluding hydrogens is 290 g/mol. The van der Waals surface area contributed by atoms with Crippen LogP contribution >= 0.6 is 0 Å². The minimum Gasteiger partial charge on any atom is -0.459 e. The highest BCUT2D eigenvalue weighted by atomic mass is 16.6. The average molecular weight is 321 g/mol. The summed E-state index contributed by atoms with van der Waals surface area (Å²) in [5.74, 6) is 0.233. The van der Waals surface area contributed by atoms with Crippen molar-refractivity contribution in [1.82, 2.24) is 4.90 Å². The van der Waals surface area contributed by atoms with Crippen LogP contribution in [-0.2, 0) is 14.3 Å². The first kappa shape index (κ1) is 17.0. The van der Waals surface area contributed by atoms with Crippen LogP contribution in [0.2, 0.25) is 0 Å². The predicted molar refractivity (Wildman–Crippen MR) is 90.1 cm³/mol. The van der Waals surface area contributed by atoms with Gasteiger partial charge in [0.1, 0.15) is 12.2 Å². The van der Waals surface area contributed by atoms with Gasteiger partial charge in [0.15, 0.2) is 0 Å². The highest BCUT2D eigenvalue weighted by molar-refractivity contribution is 5.75. The molecule has 4 heteroatoms. The molecule has 0 aromatic heterocycles. The van der Waals surface area contributed by atoms with E-state index in [1.807, 2.05) is 0 Å². The molecule has 3 rings (SSSR count). The molecule has 130 valence electrons. The molecule has 4 nitrogen and oxygen atoms in total. The van der Waals surface area contributed by atoms with E-state index in [0.29, 0.717) is 6.04 Å². The fourth-order valence-corrected chi connectivity index (χ4v) is 4.07. The predicted octanol–water partition coefficient (Wildman–Crippen LogP) is 3.16. The van der Waals surface area contributed by atoms with E-state index in [4.69, 9.17) is 9.47 Å². The highest BCUT2D eigenvalue weighted by Crippen LogP contribution is 2.50. The zero-order chi connectivity index (χ0) is 16.8. The van der Waals surface area contributed by atoms with Crippen LogP contribution in [0.5, 0.6) is 0 Å². The summed E-state index contributed by atoms with van der Waals surface area (Å²) in [6, 6.07) is 0.436. The number of hydrogen-bond donors (Lipinski definition) is 0. The molecule has 0 spiro atoms. The molecule has 0 radical (unpaired) electrons. The Morgan fingerprint density at radius 3 is 2.87 bits per heavy atom. The molecule has 0 aromatic carbocycles. The number of hydrogen-bond acceptors (Lipinski definition) is 4. The maximum Gasteiger partial charge on any atom is 0.311 e. The summed E-state index contributed by atoms with van der Waals surface area (Å²) in [4.78, 5) is 14.8. The summed E-state index contributed by atoms with van der Waals surface area (Å²) < 4.78 is 11.8. The quantitative estimate of drug-likeness (QED) is 0.455. The van der Waals surface area contributed by atoms with Gasteiger partial charge in [0.25, 0.3) is 0 Å². The number of ether oxygens (including phenoxy) is 2. The third-order valence-corrected chi connectivity index (χ3v) is 6.10. The molecule has 0 unspecified atom stereocenters. The SMILES string of the molecule is CC1=CCC[C@@]2(C)O[C@H]2[C@H]2OC(=O)[C@@H](CN(C)C(C)C)[C@@H]2CC1. The molecule has 5 atom stereocenters. The first-order valence-corrected chi connectivity index (χ1v) is 9.06.